The monoisotopic (exact) mass is 237 g/mol. The first-order valence-electron chi connectivity index (χ1n) is 5.81. The van der Waals surface area contributed by atoms with E-state index in [9.17, 15) is 9.18 Å². The van der Waals surface area contributed by atoms with Crippen molar-refractivity contribution in [1.29, 1.82) is 0 Å². The Balaban J connectivity index is 1.99. The van der Waals surface area contributed by atoms with Gasteiger partial charge in [0.25, 0.3) is 0 Å². The summed E-state index contributed by atoms with van der Waals surface area (Å²) >= 11 is 0. The Hall–Kier alpha value is -1.42. The van der Waals surface area contributed by atoms with E-state index in [0.717, 1.165) is 12.8 Å². The Bertz CT molecular complexity index is 414. The fourth-order valence-corrected chi connectivity index (χ4v) is 1.93. The lowest BCUT2D eigenvalue weighted by molar-refractivity contribution is -0.122. The van der Waals surface area contributed by atoms with Gasteiger partial charge in [-0.15, -0.1) is 0 Å². The molecular formula is C13H16FNO2. The first kappa shape index (κ1) is 12.0. The van der Waals surface area contributed by atoms with Gasteiger partial charge >= 0.3 is 0 Å². The van der Waals surface area contributed by atoms with Gasteiger partial charge in [-0.25, -0.2) is 4.39 Å². The molecule has 17 heavy (non-hydrogen) atoms. The fraction of sp³-hybridized carbons (Fsp3) is 0.462. The van der Waals surface area contributed by atoms with E-state index in [1.807, 2.05) is 0 Å². The fourth-order valence-electron chi connectivity index (χ4n) is 1.93. The number of halogens is 1. The third kappa shape index (κ3) is 3.03. The van der Waals surface area contributed by atoms with Gasteiger partial charge < -0.3 is 10.1 Å². The van der Waals surface area contributed by atoms with Crippen LogP contribution < -0.4 is 5.32 Å². The number of aryl methyl sites for hydroxylation is 1. The lowest BCUT2D eigenvalue weighted by atomic mass is 9.99. The molecule has 1 aliphatic rings. The van der Waals surface area contributed by atoms with Crippen molar-refractivity contribution >= 4 is 11.6 Å². The maximum absolute atomic E-state index is 13.1. The number of hydrogen-bond donors (Lipinski definition) is 1. The molecule has 0 atom stereocenters. The van der Waals surface area contributed by atoms with E-state index < -0.39 is 0 Å². The standard InChI is InChI=1S/C13H16FNO2/c1-9-8-11(2-3-12(9)14)15-13(16)10-4-6-17-7-5-10/h2-3,8,10H,4-7H2,1H3,(H,15,16). The number of benzene rings is 1. The lowest BCUT2D eigenvalue weighted by Gasteiger charge is -2.21. The van der Waals surface area contributed by atoms with Gasteiger partial charge in [0, 0.05) is 24.8 Å². The summed E-state index contributed by atoms with van der Waals surface area (Å²) in [6.45, 7) is 2.96. The van der Waals surface area contributed by atoms with Gasteiger partial charge in [0.1, 0.15) is 5.82 Å². The number of carbonyl (C=O) groups excluding carboxylic acids is 1. The van der Waals surface area contributed by atoms with Crippen molar-refractivity contribution in [2.75, 3.05) is 18.5 Å². The van der Waals surface area contributed by atoms with Crippen LogP contribution in [0.4, 0.5) is 10.1 Å². The highest BCUT2D eigenvalue weighted by Gasteiger charge is 2.21. The highest BCUT2D eigenvalue weighted by molar-refractivity contribution is 5.92. The Morgan fingerprint density at radius 2 is 2.12 bits per heavy atom. The van der Waals surface area contributed by atoms with E-state index in [4.69, 9.17) is 4.74 Å². The molecule has 2 rings (SSSR count). The van der Waals surface area contributed by atoms with Crippen molar-refractivity contribution in [1.82, 2.24) is 0 Å². The van der Waals surface area contributed by atoms with Crippen LogP contribution in [0, 0.1) is 18.7 Å². The SMILES string of the molecule is Cc1cc(NC(=O)C2CCOCC2)ccc1F. The van der Waals surface area contributed by atoms with Crippen LogP contribution >= 0.6 is 0 Å². The maximum atomic E-state index is 13.1. The zero-order valence-corrected chi connectivity index (χ0v) is 9.83. The molecule has 4 heteroatoms. The predicted molar refractivity (Wildman–Crippen MR) is 63.3 cm³/mol. The molecule has 1 N–H and O–H groups in total. The Morgan fingerprint density at radius 3 is 2.76 bits per heavy atom. The van der Waals surface area contributed by atoms with E-state index in [2.05, 4.69) is 5.32 Å². The van der Waals surface area contributed by atoms with E-state index in [-0.39, 0.29) is 17.6 Å². The molecule has 1 aliphatic heterocycles. The molecule has 92 valence electrons. The average molecular weight is 237 g/mol. The van der Waals surface area contributed by atoms with Crippen LogP contribution in [0.2, 0.25) is 0 Å². The van der Waals surface area contributed by atoms with Gasteiger partial charge in [-0.2, -0.15) is 0 Å². The third-order valence-electron chi connectivity index (χ3n) is 3.02. The van der Waals surface area contributed by atoms with Crippen LogP contribution in [0.1, 0.15) is 18.4 Å². The van der Waals surface area contributed by atoms with Crippen molar-refractivity contribution < 1.29 is 13.9 Å². The topological polar surface area (TPSA) is 38.3 Å². The zero-order valence-electron chi connectivity index (χ0n) is 9.83. The molecule has 0 aromatic heterocycles. The maximum Gasteiger partial charge on any atom is 0.227 e. The minimum atomic E-state index is -0.255. The molecule has 1 aromatic carbocycles. The molecule has 0 spiro atoms. The molecule has 1 saturated heterocycles. The quantitative estimate of drug-likeness (QED) is 0.858. The second-order valence-electron chi connectivity index (χ2n) is 4.34. The number of nitrogens with one attached hydrogen (secondary N) is 1. The molecule has 1 aromatic rings. The molecule has 0 saturated carbocycles. The summed E-state index contributed by atoms with van der Waals surface area (Å²) < 4.78 is 18.3. The summed E-state index contributed by atoms with van der Waals surface area (Å²) in [6, 6.07) is 4.60. The van der Waals surface area contributed by atoms with E-state index in [1.165, 1.54) is 6.07 Å². The number of ether oxygens (including phenoxy) is 1. The molecular weight excluding hydrogens is 221 g/mol. The Morgan fingerprint density at radius 1 is 1.41 bits per heavy atom. The van der Waals surface area contributed by atoms with Gasteiger partial charge in [0.05, 0.1) is 0 Å². The second-order valence-corrected chi connectivity index (χ2v) is 4.34. The van der Waals surface area contributed by atoms with Crippen LogP contribution in [0.3, 0.4) is 0 Å². The highest BCUT2D eigenvalue weighted by Crippen LogP contribution is 2.19. The molecule has 1 heterocycles. The zero-order chi connectivity index (χ0) is 12.3. The van der Waals surface area contributed by atoms with Crippen molar-refractivity contribution in [3.8, 4) is 0 Å². The van der Waals surface area contributed by atoms with E-state index >= 15 is 0 Å². The predicted octanol–water partition coefficient (Wildman–Crippen LogP) is 2.50. The van der Waals surface area contributed by atoms with Gasteiger partial charge in [-0.05, 0) is 43.5 Å². The summed E-state index contributed by atoms with van der Waals surface area (Å²) in [5.41, 5.74) is 1.19. The molecule has 3 nitrogen and oxygen atoms in total. The number of amides is 1. The smallest absolute Gasteiger partial charge is 0.227 e. The molecule has 0 aliphatic carbocycles. The summed E-state index contributed by atoms with van der Waals surface area (Å²) in [4.78, 5) is 11.9. The second kappa shape index (κ2) is 5.27. The third-order valence-corrected chi connectivity index (χ3v) is 3.02. The van der Waals surface area contributed by atoms with Crippen molar-refractivity contribution in [2.45, 2.75) is 19.8 Å². The molecule has 0 radical (unpaired) electrons. The summed E-state index contributed by atoms with van der Waals surface area (Å²) in [6.07, 6.45) is 1.51. The summed E-state index contributed by atoms with van der Waals surface area (Å²) in [5, 5.41) is 2.82. The van der Waals surface area contributed by atoms with E-state index in [1.54, 1.807) is 19.1 Å². The minimum Gasteiger partial charge on any atom is -0.381 e. The molecule has 1 amide bonds. The molecule has 1 fully saturated rings. The van der Waals surface area contributed by atoms with Crippen molar-refractivity contribution in [2.24, 2.45) is 5.92 Å². The first-order valence-corrected chi connectivity index (χ1v) is 5.81. The van der Waals surface area contributed by atoms with Crippen LogP contribution in [0.15, 0.2) is 18.2 Å². The summed E-state index contributed by atoms with van der Waals surface area (Å²) in [7, 11) is 0. The van der Waals surface area contributed by atoms with E-state index in [0.29, 0.717) is 24.5 Å². The molecule has 0 unspecified atom stereocenters. The Labute approximate surface area is 100.0 Å². The van der Waals surface area contributed by atoms with Crippen LogP contribution in [-0.2, 0) is 9.53 Å². The lowest BCUT2D eigenvalue weighted by Crippen LogP contribution is -2.28. The van der Waals surface area contributed by atoms with Gasteiger partial charge in [-0.1, -0.05) is 0 Å². The van der Waals surface area contributed by atoms with Gasteiger partial charge in [-0.3, -0.25) is 4.79 Å². The highest BCUT2D eigenvalue weighted by atomic mass is 19.1. The number of anilines is 1. The normalized spacial score (nSPS) is 16.8. The first-order chi connectivity index (χ1) is 8.16. The van der Waals surface area contributed by atoms with Crippen LogP contribution in [0.5, 0.6) is 0 Å². The van der Waals surface area contributed by atoms with Gasteiger partial charge in [0.2, 0.25) is 5.91 Å². The number of hydrogen-bond acceptors (Lipinski definition) is 2. The van der Waals surface area contributed by atoms with Crippen molar-refractivity contribution in [3.63, 3.8) is 0 Å². The summed E-state index contributed by atoms with van der Waals surface area (Å²) in [5.74, 6) is -0.248. The van der Waals surface area contributed by atoms with Gasteiger partial charge in [0.15, 0.2) is 0 Å². The number of rotatable bonds is 2. The largest absolute Gasteiger partial charge is 0.381 e. The van der Waals surface area contributed by atoms with Crippen LogP contribution in [0.25, 0.3) is 0 Å². The number of carbonyl (C=O) groups is 1. The van der Waals surface area contributed by atoms with Crippen molar-refractivity contribution in [3.05, 3.63) is 29.6 Å². The Kier molecular flexibility index (Phi) is 3.74. The molecule has 0 bridgehead atoms. The average Bonchev–Trinajstić information content (AvgIpc) is 2.35. The van der Waals surface area contributed by atoms with Crippen LogP contribution in [-0.4, -0.2) is 19.1 Å². The minimum absolute atomic E-state index is 0.000641.